The van der Waals surface area contributed by atoms with Gasteiger partial charge in [0.1, 0.15) is 17.7 Å². The molecule has 0 saturated carbocycles. The van der Waals surface area contributed by atoms with E-state index in [1.54, 1.807) is 0 Å². The summed E-state index contributed by atoms with van der Waals surface area (Å²) in [6.45, 7) is 16.3. The number of aryl methyl sites for hydroxylation is 1. The van der Waals surface area contributed by atoms with Gasteiger partial charge in [-0.15, -0.1) is 0 Å². The molecule has 0 radical (unpaired) electrons. The Kier molecular flexibility index (Phi) is 13.1. The lowest BCUT2D eigenvalue weighted by atomic mass is 9.89. The summed E-state index contributed by atoms with van der Waals surface area (Å²) in [7, 11) is 2.20. The molecule has 3 aliphatic rings. The maximum absolute atomic E-state index is 15.3. The monoisotopic (exact) mass is 671 g/mol. The van der Waals surface area contributed by atoms with E-state index in [2.05, 4.69) is 74.9 Å². The summed E-state index contributed by atoms with van der Waals surface area (Å²) in [4.78, 5) is 12.4. The minimum absolute atomic E-state index is 0.144. The highest BCUT2D eigenvalue weighted by Gasteiger charge is 2.26. The number of piperazine rings is 2. The predicted octanol–water partition coefficient (Wildman–Crippen LogP) is 6.40. The Morgan fingerprint density at radius 2 is 1.08 bits per heavy atom. The molecule has 3 aromatic rings. The normalized spacial score (nSPS) is 19.2. The molecule has 7 nitrogen and oxygen atoms in total. The number of benzene rings is 3. The van der Waals surface area contributed by atoms with Crippen LogP contribution < -0.4 is 19.3 Å². The van der Waals surface area contributed by atoms with E-state index in [-0.39, 0.29) is 5.92 Å². The van der Waals surface area contributed by atoms with Crippen molar-refractivity contribution in [2.45, 2.75) is 45.2 Å². The smallest absolute Gasteiger partial charge is 0.119 e. The number of nitrogens with zero attached hydrogens (tertiary/aromatic N) is 5. The Bertz CT molecular complexity index is 1360. The molecule has 0 bridgehead atoms. The molecule has 0 aliphatic carbocycles. The number of hydrogen-bond acceptors (Lipinski definition) is 7. The van der Waals surface area contributed by atoms with E-state index in [1.807, 2.05) is 36.4 Å². The van der Waals surface area contributed by atoms with Crippen LogP contribution in [0.5, 0.6) is 11.5 Å². The van der Waals surface area contributed by atoms with Gasteiger partial charge < -0.3 is 29.1 Å². The highest BCUT2D eigenvalue weighted by atomic mass is 19.1. The minimum atomic E-state index is -0.791. The van der Waals surface area contributed by atoms with Crippen LogP contribution in [0.1, 0.15) is 36.8 Å². The number of anilines is 2. The summed E-state index contributed by atoms with van der Waals surface area (Å²) < 4.78 is 27.2. The van der Waals surface area contributed by atoms with Crippen molar-refractivity contribution in [3.05, 3.63) is 83.9 Å². The zero-order chi connectivity index (χ0) is 33.8. The van der Waals surface area contributed by atoms with Gasteiger partial charge in [0.2, 0.25) is 0 Å². The summed E-state index contributed by atoms with van der Waals surface area (Å²) in [5, 5.41) is 0. The fourth-order valence-corrected chi connectivity index (χ4v) is 7.41. The highest BCUT2D eigenvalue weighted by molar-refractivity contribution is 5.57. The Hall–Kier alpha value is -3.33. The summed E-state index contributed by atoms with van der Waals surface area (Å²) in [5.74, 6) is 1.96. The number of likely N-dealkylation sites (N-methyl/N-ethyl adjacent to an activating group) is 1. The molecule has 0 N–H and O–H groups in total. The van der Waals surface area contributed by atoms with Gasteiger partial charge in [-0.3, -0.25) is 4.90 Å². The summed E-state index contributed by atoms with van der Waals surface area (Å²) in [6, 6.07) is 25.5. The molecule has 3 fully saturated rings. The van der Waals surface area contributed by atoms with Crippen molar-refractivity contribution in [1.29, 1.82) is 0 Å². The van der Waals surface area contributed by atoms with E-state index in [0.29, 0.717) is 13.0 Å². The SMILES string of the molecule is Cc1ccc(OCCCN2CCC(C(F)Cc3ccc(OCCCN4CCN(c5ccc(N6CCN(C)CC6)cc5)CC4)cc3)CC2)cc1. The topological polar surface area (TPSA) is 34.7 Å². The van der Waals surface area contributed by atoms with Crippen LogP contribution in [0.2, 0.25) is 0 Å². The minimum Gasteiger partial charge on any atom is -0.494 e. The van der Waals surface area contributed by atoms with Crippen LogP contribution in [0.3, 0.4) is 0 Å². The van der Waals surface area contributed by atoms with Crippen molar-refractivity contribution >= 4 is 11.4 Å². The number of likely N-dealkylation sites (tertiary alicyclic amines) is 1. The van der Waals surface area contributed by atoms with Crippen LogP contribution in [-0.2, 0) is 6.42 Å². The third-order valence-electron chi connectivity index (χ3n) is 10.7. The second-order valence-corrected chi connectivity index (χ2v) is 14.4. The maximum Gasteiger partial charge on any atom is 0.119 e. The molecule has 266 valence electrons. The third kappa shape index (κ3) is 10.8. The molecule has 3 aromatic carbocycles. The molecular formula is C41H58FN5O2. The van der Waals surface area contributed by atoms with Crippen LogP contribution in [0.15, 0.2) is 72.8 Å². The second-order valence-electron chi connectivity index (χ2n) is 14.4. The lowest BCUT2D eigenvalue weighted by Gasteiger charge is -2.37. The first kappa shape index (κ1) is 35.5. The Morgan fingerprint density at radius 3 is 1.61 bits per heavy atom. The third-order valence-corrected chi connectivity index (χ3v) is 10.7. The first-order chi connectivity index (χ1) is 24.0. The number of ether oxygens (including phenoxy) is 2. The van der Waals surface area contributed by atoms with Crippen molar-refractivity contribution < 1.29 is 13.9 Å². The van der Waals surface area contributed by atoms with E-state index < -0.39 is 6.17 Å². The van der Waals surface area contributed by atoms with Gasteiger partial charge in [0.05, 0.1) is 13.2 Å². The van der Waals surface area contributed by atoms with Gasteiger partial charge >= 0.3 is 0 Å². The fourth-order valence-electron chi connectivity index (χ4n) is 7.41. The van der Waals surface area contributed by atoms with E-state index in [4.69, 9.17) is 9.47 Å². The molecule has 3 saturated heterocycles. The molecule has 1 unspecified atom stereocenters. The van der Waals surface area contributed by atoms with E-state index >= 15 is 4.39 Å². The number of rotatable bonds is 15. The van der Waals surface area contributed by atoms with Gasteiger partial charge in [-0.25, -0.2) is 4.39 Å². The fraction of sp³-hybridized carbons (Fsp3) is 0.561. The van der Waals surface area contributed by atoms with Gasteiger partial charge in [-0.1, -0.05) is 29.8 Å². The average molecular weight is 672 g/mol. The molecule has 49 heavy (non-hydrogen) atoms. The number of alkyl halides is 1. The molecule has 0 spiro atoms. The molecule has 3 heterocycles. The predicted molar refractivity (Wildman–Crippen MR) is 200 cm³/mol. The Morgan fingerprint density at radius 1 is 0.612 bits per heavy atom. The van der Waals surface area contributed by atoms with Crippen molar-refractivity contribution in [2.24, 2.45) is 5.92 Å². The number of hydrogen-bond donors (Lipinski definition) is 0. The first-order valence-electron chi connectivity index (χ1n) is 18.8. The van der Waals surface area contributed by atoms with Crippen LogP contribution >= 0.6 is 0 Å². The maximum atomic E-state index is 15.3. The molecule has 8 heteroatoms. The Balaban J connectivity index is 0.809. The molecule has 1 atom stereocenters. The van der Waals surface area contributed by atoms with Gasteiger partial charge in [-0.05, 0) is 113 Å². The quantitative estimate of drug-likeness (QED) is 0.173. The molecule has 0 aromatic heterocycles. The van der Waals surface area contributed by atoms with Crippen molar-refractivity contribution in [3.8, 4) is 11.5 Å². The number of piperidine rings is 1. The lowest BCUT2D eigenvalue weighted by Crippen LogP contribution is -2.47. The van der Waals surface area contributed by atoms with Crippen molar-refractivity contribution in [1.82, 2.24) is 14.7 Å². The zero-order valence-electron chi connectivity index (χ0n) is 29.9. The van der Waals surface area contributed by atoms with Crippen LogP contribution in [-0.4, -0.2) is 120 Å². The van der Waals surface area contributed by atoms with Gasteiger partial charge in [0, 0.05) is 83.2 Å². The molecular weight excluding hydrogens is 613 g/mol. The highest BCUT2D eigenvalue weighted by Crippen LogP contribution is 2.27. The van der Waals surface area contributed by atoms with Crippen molar-refractivity contribution in [2.75, 3.05) is 109 Å². The zero-order valence-corrected chi connectivity index (χ0v) is 29.9. The van der Waals surface area contributed by atoms with E-state index in [1.165, 1.54) is 16.9 Å². The molecule has 3 aliphatic heterocycles. The summed E-state index contributed by atoms with van der Waals surface area (Å²) in [6.07, 6.45) is 3.56. The molecule has 6 rings (SSSR count). The average Bonchev–Trinajstić information content (AvgIpc) is 3.14. The van der Waals surface area contributed by atoms with Gasteiger partial charge in [-0.2, -0.15) is 0 Å². The first-order valence-corrected chi connectivity index (χ1v) is 18.8. The van der Waals surface area contributed by atoms with Crippen LogP contribution in [0, 0.1) is 12.8 Å². The number of halogens is 1. The van der Waals surface area contributed by atoms with Gasteiger partial charge in [0.15, 0.2) is 0 Å². The van der Waals surface area contributed by atoms with E-state index in [9.17, 15) is 0 Å². The molecule has 0 amide bonds. The summed E-state index contributed by atoms with van der Waals surface area (Å²) in [5.41, 5.74) is 4.98. The second kappa shape index (κ2) is 18.1. The van der Waals surface area contributed by atoms with E-state index in [0.717, 1.165) is 128 Å². The largest absolute Gasteiger partial charge is 0.494 e. The summed E-state index contributed by atoms with van der Waals surface area (Å²) >= 11 is 0. The standard InChI is InChI=1S/C41H58FN5O2/c1-34-5-13-39(14-6-34)48-31-3-19-44-21-17-36(18-22-44)41(42)33-35-7-15-40(16-8-35)49-32-4-20-45-25-29-47(30-26-45)38-11-9-37(10-12-38)46-27-23-43(2)24-28-46/h5-16,36,41H,3-4,17-33H2,1-2H3. The van der Waals surface area contributed by atoms with Crippen LogP contribution in [0.25, 0.3) is 0 Å². The lowest BCUT2D eigenvalue weighted by molar-refractivity contribution is 0.115. The van der Waals surface area contributed by atoms with Crippen LogP contribution in [0.4, 0.5) is 15.8 Å². The Labute approximate surface area is 294 Å². The van der Waals surface area contributed by atoms with Gasteiger partial charge in [0.25, 0.3) is 0 Å². The van der Waals surface area contributed by atoms with Crippen molar-refractivity contribution in [3.63, 3.8) is 0 Å².